The van der Waals surface area contributed by atoms with Gasteiger partial charge in [0, 0.05) is 13.0 Å². The van der Waals surface area contributed by atoms with Crippen LogP contribution in [-0.2, 0) is 15.0 Å². The molecule has 1 amide bonds. The Kier molecular flexibility index (Phi) is 13.1. The van der Waals surface area contributed by atoms with Gasteiger partial charge in [-0.25, -0.2) is 0 Å². The first-order valence-electron chi connectivity index (χ1n) is 13.7. The molecule has 0 heterocycles. The summed E-state index contributed by atoms with van der Waals surface area (Å²) in [6, 6.07) is 10.5. The summed E-state index contributed by atoms with van der Waals surface area (Å²) in [4.78, 5) is 23.0. The van der Waals surface area contributed by atoms with Gasteiger partial charge in [0.1, 0.15) is 5.78 Å². The van der Waals surface area contributed by atoms with Gasteiger partial charge >= 0.3 is 0 Å². The van der Waals surface area contributed by atoms with Crippen molar-refractivity contribution < 1.29 is 9.59 Å². The molecule has 1 aromatic carbocycles. The number of amides is 1. The van der Waals surface area contributed by atoms with Crippen LogP contribution in [0.2, 0.25) is 0 Å². The van der Waals surface area contributed by atoms with Crippen molar-refractivity contribution in [1.82, 2.24) is 5.32 Å². The highest BCUT2D eigenvalue weighted by molar-refractivity contribution is 5.88. The van der Waals surface area contributed by atoms with E-state index >= 15 is 0 Å². The van der Waals surface area contributed by atoms with Crippen LogP contribution >= 0.6 is 0 Å². The van der Waals surface area contributed by atoms with Gasteiger partial charge in [-0.1, -0.05) is 104 Å². The molecule has 0 radical (unpaired) electrons. The molecule has 34 heavy (non-hydrogen) atoms. The molecule has 2 atom stereocenters. The fourth-order valence-corrected chi connectivity index (χ4v) is 4.99. The molecule has 0 bridgehead atoms. The van der Waals surface area contributed by atoms with Crippen LogP contribution in [0.3, 0.4) is 0 Å². The van der Waals surface area contributed by atoms with Gasteiger partial charge in [-0.15, -0.1) is 0 Å². The van der Waals surface area contributed by atoms with E-state index in [1.807, 2.05) is 13.0 Å². The van der Waals surface area contributed by atoms with Crippen molar-refractivity contribution in [3.8, 4) is 0 Å². The highest BCUT2D eigenvalue weighted by Gasteiger charge is 2.42. The van der Waals surface area contributed by atoms with E-state index < -0.39 is 0 Å². The molecule has 2 saturated carbocycles. The van der Waals surface area contributed by atoms with E-state index in [0.29, 0.717) is 17.8 Å². The number of carbonyl (C=O) groups is 2. The zero-order valence-electron chi connectivity index (χ0n) is 23.5. The van der Waals surface area contributed by atoms with E-state index in [0.717, 1.165) is 31.2 Å². The molecule has 0 saturated heterocycles. The van der Waals surface area contributed by atoms with Gasteiger partial charge in [0.15, 0.2) is 0 Å². The summed E-state index contributed by atoms with van der Waals surface area (Å²) in [5.41, 5.74) is 1.44. The summed E-state index contributed by atoms with van der Waals surface area (Å²) in [6.07, 6.45) is 10.2. The van der Waals surface area contributed by atoms with Crippen LogP contribution in [0.1, 0.15) is 119 Å². The van der Waals surface area contributed by atoms with E-state index in [1.165, 1.54) is 44.1 Å². The first-order chi connectivity index (χ1) is 15.9. The number of Topliss-reactive ketones (excluding diaryl/α,β-unsaturated/α-hetero) is 1. The number of hydrogen-bond acceptors (Lipinski definition) is 2. The molecule has 1 N–H and O–H groups in total. The number of benzene rings is 1. The second kappa shape index (κ2) is 14.7. The maximum absolute atomic E-state index is 13.1. The standard InChI is InChI=1S/C22H33NO.C5H12.C4H8O/c1-17-10-11-18(2)15-19(14-17)16-23-21(24)22(12-6-7-13-22)20-8-4-3-5-9-20;1-5(2,3)4;1-3-4(2)5/h3-5,8-9,17-19H,6-7,10-16H2,1-2H3,(H,23,24);1-4H3;3H2,1-2H3. The van der Waals surface area contributed by atoms with Gasteiger partial charge in [0.25, 0.3) is 0 Å². The Bertz CT molecular complexity index is 695. The lowest BCUT2D eigenvalue weighted by atomic mass is 9.78. The Balaban J connectivity index is 0.000000489. The summed E-state index contributed by atoms with van der Waals surface area (Å²) in [5.74, 6) is 2.77. The molecule has 2 aliphatic carbocycles. The third-order valence-corrected chi connectivity index (χ3v) is 6.89. The molecule has 194 valence electrons. The van der Waals surface area contributed by atoms with Crippen molar-refractivity contribution in [2.75, 3.05) is 6.54 Å². The van der Waals surface area contributed by atoms with Crippen molar-refractivity contribution >= 4 is 11.7 Å². The SMILES string of the molecule is CC(C)(C)C.CC1CCC(C)CC(CNC(=O)C2(c3ccccc3)CCCC2)C1.CCC(C)=O. The summed E-state index contributed by atoms with van der Waals surface area (Å²) in [5, 5.41) is 3.36. The Morgan fingerprint density at radius 1 is 0.941 bits per heavy atom. The van der Waals surface area contributed by atoms with Crippen molar-refractivity contribution in [1.29, 1.82) is 0 Å². The van der Waals surface area contributed by atoms with E-state index in [-0.39, 0.29) is 17.1 Å². The fourth-order valence-electron chi connectivity index (χ4n) is 4.99. The van der Waals surface area contributed by atoms with Gasteiger partial charge in [-0.05, 0) is 61.3 Å². The number of hydrogen-bond donors (Lipinski definition) is 1. The van der Waals surface area contributed by atoms with Crippen LogP contribution in [0.4, 0.5) is 0 Å². The van der Waals surface area contributed by atoms with E-state index in [1.54, 1.807) is 6.92 Å². The van der Waals surface area contributed by atoms with Crippen LogP contribution in [0, 0.1) is 23.2 Å². The first kappa shape index (κ1) is 30.4. The van der Waals surface area contributed by atoms with Crippen LogP contribution in [0.25, 0.3) is 0 Å². The lowest BCUT2D eigenvalue weighted by Gasteiger charge is -2.30. The van der Waals surface area contributed by atoms with Crippen LogP contribution in [-0.4, -0.2) is 18.2 Å². The van der Waals surface area contributed by atoms with Gasteiger partial charge in [-0.3, -0.25) is 4.79 Å². The van der Waals surface area contributed by atoms with Gasteiger partial charge in [0.2, 0.25) is 5.91 Å². The maximum atomic E-state index is 13.1. The quantitative estimate of drug-likeness (QED) is 0.441. The van der Waals surface area contributed by atoms with Crippen LogP contribution < -0.4 is 5.32 Å². The predicted octanol–water partition coefficient (Wildman–Crippen LogP) is 8.11. The predicted molar refractivity (Wildman–Crippen MR) is 146 cm³/mol. The average molecular weight is 472 g/mol. The fraction of sp³-hybridized carbons (Fsp3) is 0.742. The minimum atomic E-state index is -0.275. The molecular formula is C31H53NO2. The van der Waals surface area contributed by atoms with Crippen molar-refractivity contribution in [2.45, 2.75) is 119 Å². The summed E-state index contributed by atoms with van der Waals surface area (Å²) in [6.45, 7) is 17.8. The molecule has 2 fully saturated rings. The average Bonchev–Trinajstić information content (AvgIpc) is 3.21. The molecule has 3 rings (SSSR count). The topological polar surface area (TPSA) is 46.2 Å². The van der Waals surface area contributed by atoms with Gasteiger partial charge in [0.05, 0.1) is 5.41 Å². The minimum Gasteiger partial charge on any atom is -0.355 e. The van der Waals surface area contributed by atoms with Gasteiger partial charge < -0.3 is 10.1 Å². The third kappa shape index (κ3) is 11.7. The lowest BCUT2D eigenvalue weighted by Crippen LogP contribution is -2.44. The van der Waals surface area contributed by atoms with Crippen molar-refractivity contribution in [3.63, 3.8) is 0 Å². The number of nitrogens with one attached hydrogen (secondary N) is 1. The summed E-state index contributed by atoms with van der Waals surface area (Å²) in [7, 11) is 0. The van der Waals surface area contributed by atoms with Crippen molar-refractivity contribution in [2.24, 2.45) is 23.2 Å². The number of ketones is 1. The largest absolute Gasteiger partial charge is 0.355 e. The monoisotopic (exact) mass is 471 g/mol. The highest BCUT2D eigenvalue weighted by atomic mass is 16.2. The zero-order valence-corrected chi connectivity index (χ0v) is 23.5. The van der Waals surface area contributed by atoms with Crippen LogP contribution in [0.5, 0.6) is 0 Å². The minimum absolute atomic E-state index is 0.255. The third-order valence-electron chi connectivity index (χ3n) is 6.89. The molecular weight excluding hydrogens is 418 g/mol. The van der Waals surface area contributed by atoms with Crippen molar-refractivity contribution in [3.05, 3.63) is 35.9 Å². The summed E-state index contributed by atoms with van der Waals surface area (Å²) < 4.78 is 0. The number of carbonyl (C=O) groups excluding carboxylic acids is 2. The molecule has 1 aromatic rings. The molecule has 0 spiro atoms. The van der Waals surface area contributed by atoms with Crippen LogP contribution in [0.15, 0.2) is 30.3 Å². The van der Waals surface area contributed by atoms with Gasteiger partial charge in [-0.2, -0.15) is 0 Å². The maximum Gasteiger partial charge on any atom is 0.230 e. The first-order valence-corrected chi connectivity index (χ1v) is 13.7. The second-order valence-corrected chi connectivity index (χ2v) is 12.5. The Morgan fingerprint density at radius 2 is 1.38 bits per heavy atom. The van der Waals surface area contributed by atoms with E-state index in [2.05, 4.69) is 71.1 Å². The zero-order chi connectivity index (χ0) is 25.8. The second-order valence-electron chi connectivity index (χ2n) is 12.5. The molecule has 2 aliphatic rings. The molecule has 2 unspecified atom stereocenters. The van der Waals surface area contributed by atoms with E-state index in [4.69, 9.17) is 0 Å². The molecule has 3 nitrogen and oxygen atoms in total. The number of rotatable bonds is 5. The Hall–Kier alpha value is -1.64. The highest BCUT2D eigenvalue weighted by Crippen LogP contribution is 2.41. The lowest BCUT2D eigenvalue weighted by molar-refractivity contribution is -0.127. The Labute approximate surface area is 210 Å². The molecule has 0 aromatic heterocycles. The summed E-state index contributed by atoms with van der Waals surface area (Å²) >= 11 is 0. The smallest absolute Gasteiger partial charge is 0.230 e. The Morgan fingerprint density at radius 3 is 1.79 bits per heavy atom. The van der Waals surface area contributed by atoms with E-state index in [9.17, 15) is 9.59 Å². The molecule has 0 aliphatic heterocycles. The normalized spacial score (nSPS) is 23.9. The molecule has 3 heteroatoms.